The monoisotopic (exact) mass is 742 g/mol. The van der Waals surface area contributed by atoms with Crippen molar-refractivity contribution in [3.05, 3.63) is 68.5 Å². The minimum absolute atomic E-state index is 0.144. The number of aliphatic carboxylic acids is 1. The van der Waals surface area contributed by atoms with Crippen LogP contribution in [0.25, 0.3) is 10.4 Å². The number of azide groups is 1. The number of nitrogens with one attached hydrogen (secondary N) is 2. The zero-order chi connectivity index (χ0) is 37.8. The smallest absolute Gasteiger partial charge is 0.320 e. The number of carbonyl (C=O) groups excluding carboxylic acids is 2. The normalized spacial score (nSPS) is 14.4. The third-order valence-corrected chi connectivity index (χ3v) is 8.94. The average molecular weight is 743 g/mol. The van der Waals surface area contributed by atoms with E-state index < -0.39 is 17.8 Å². The van der Waals surface area contributed by atoms with Gasteiger partial charge in [0.25, 0.3) is 0 Å². The topological polar surface area (TPSA) is 201 Å². The second-order valence-corrected chi connectivity index (χ2v) is 12.8. The first-order chi connectivity index (χ1) is 25.8. The zero-order valence-corrected chi connectivity index (χ0v) is 30.4. The van der Waals surface area contributed by atoms with Crippen LogP contribution in [0.2, 0.25) is 0 Å². The Hall–Kier alpha value is -4.54. The van der Waals surface area contributed by atoms with E-state index >= 15 is 0 Å². The van der Waals surface area contributed by atoms with Crippen molar-refractivity contribution in [2.24, 2.45) is 5.11 Å². The van der Waals surface area contributed by atoms with E-state index in [9.17, 15) is 23.9 Å². The van der Waals surface area contributed by atoms with Gasteiger partial charge in [-0.05, 0) is 72.5 Å². The number of carboxylic acid groups (broad SMARTS) is 1. The van der Waals surface area contributed by atoms with Crippen LogP contribution in [-0.2, 0) is 47.9 Å². The maximum absolute atomic E-state index is 14.4. The number of rotatable bonds is 25. The Labute approximate surface area is 308 Å². The van der Waals surface area contributed by atoms with Crippen molar-refractivity contribution in [3.8, 4) is 0 Å². The van der Waals surface area contributed by atoms with Gasteiger partial charge in [0.2, 0.25) is 5.91 Å². The first-order valence-electron chi connectivity index (χ1n) is 18.1. The molecule has 0 bridgehead atoms. The molecule has 1 aromatic heterocycles. The molecule has 17 heteroatoms. The molecule has 1 fully saturated rings. The molecule has 2 aliphatic rings. The summed E-state index contributed by atoms with van der Waals surface area (Å²) in [6.45, 7) is 7.30. The number of pyridine rings is 1. The molecule has 3 amide bonds. The number of aryl methyl sites for hydroxylation is 3. The predicted octanol–water partition coefficient (Wildman–Crippen LogP) is 4.16. The second-order valence-electron chi connectivity index (χ2n) is 12.8. The number of nitrogens with zero attached hydrogens (tertiary/aromatic N) is 6. The van der Waals surface area contributed by atoms with Gasteiger partial charge in [0.1, 0.15) is 11.6 Å². The predicted molar refractivity (Wildman–Crippen MR) is 193 cm³/mol. The lowest BCUT2D eigenvalue weighted by Crippen LogP contribution is -2.36. The van der Waals surface area contributed by atoms with Crippen molar-refractivity contribution < 1.29 is 42.8 Å². The molecule has 1 saturated heterocycles. The number of carbonyl (C=O) groups is 3. The fourth-order valence-corrected chi connectivity index (χ4v) is 6.12. The molecule has 0 saturated carbocycles. The van der Waals surface area contributed by atoms with Crippen LogP contribution in [0, 0.1) is 12.7 Å². The number of benzene rings is 1. The molecule has 16 nitrogen and oxygen atoms in total. The van der Waals surface area contributed by atoms with Gasteiger partial charge in [-0.1, -0.05) is 17.2 Å². The summed E-state index contributed by atoms with van der Waals surface area (Å²) in [7, 11) is 0. The fraction of sp³-hybridized carbons (Fsp3) is 0.611. The maximum Gasteiger partial charge on any atom is 0.320 e. The lowest BCUT2D eigenvalue weighted by Gasteiger charge is -2.27. The molecular formula is C36H51FN8O8. The highest BCUT2D eigenvalue weighted by atomic mass is 19.1. The fourth-order valence-electron chi connectivity index (χ4n) is 6.12. The van der Waals surface area contributed by atoms with E-state index in [1.807, 2.05) is 0 Å². The Balaban J connectivity index is 1.18. The van der Waals surface area contributed by atoms with Crippen molar-refractivity contribution in [2.45, 2.75) is 58.0 Å². The van der Waals surface area contributed by atoms with Crippen LogP contribution in [0.5, 0.6) is 0 Å². The van der Waals surface area contributed by atoms with Crippen molar-refractivity contribution in [2.75, 3.05) is 90.9 Å². The standard InChI is InChI=1S/C36H51FN8O8/c1-26-6-7-27(23-30(26)37)32(24-34(47)48)45-13-12-44(36(45)49)11-3-5-31-29(22-28-4-2-9-39-35(28)42-31)25-40-33(46)8-14-50-16-18-52-20-21-53-19-17-51-15-10-41-43-38/h6-7,22-23,32H,2-5,8-21,24-25H2,1H3,(H,39,42)(H,40,46)(H,47,48)/t32-/m0/s1. The molecule has 1 aromatic carbocycles. The number of hydrogen-bond acceptors (Lipinski definition) is 10. The molecule has 3 N–H and O–H groups in total. The van der Waals surface area contributed by atoms with E-state index in [-0.39, 0.29) is 31.4 Å². The van der Waals surface area contributed by atoms with E-state index in [0.29, 0.717) is 103 Å². The number of ether oxygens (including phenoxy) is 4. The van der Waals surface area contributed by atoms with Gasteiger partial charge in [0.15, 0.2) is 0 Å². The minimum Gasteiger partial charge on any atom is -0.481 e. The van der Waals surface area contributed by atoms with Crippen molar-refractivity contribution in [1.29, 1.82) is 0 Å². The lowest BCUT2D eigenvalue weighted by atomic mass is 10.0. The summed E-state index contributed by atoms with van der Waals surface area (Å²) in [6, 6.07) is 5.65. The number of anilines is 1. The van der Waals surface area contributed by atoms with Gasteiger partial charge in [-0.25, -0.2) is 14.2 Å². The Morgan fingerprint density at radius 2 is 1.79 bits per heavy atom. The highest BCUT2D eigenvalue weighted by Crippen LogP contribution is 2.30. The van der Waals surface area contributed by atoms with Crippen LogP contribution in [0.15, 0.2) is 29.4 Å². The number of carboxylic acids is 1. The number of urea groups is 1. The largest absolute Gasteiger partial charge is 0.481 e. The number of halogens is 1. The Kier molecular flexibility index (Phi) is 17.5. The molecular weight excluding hydrogens is 691 g/mol. The van der Waals surface area contributed by atoms with Gasteiger partial charge in [0.05, 0.1) is 65.3 Å². The maximum atomic E-state index is 14.4. The second kappa shape index (κ2) is 22.5. The van der Waals surface area contributed by atoms with Gasteiger partial charge in [-0.2, -0.15) is 0 Å². The van der Waals surface area contributed by atoms with Crippen molar-refractivity contribution in [3.63, 3.8) is 0 Å². The first-order valence-corrected chi connectivity index (χ1v) is 18.1. The molecule has 290 valence electrons. The lowest BCUT2D eigenvalue weighted by molar-refractivity contribution is -0.138. The number of amides is 3. The van der Waals surface area contributed by atoms with Crippen molar-refractivity contribution >= 4 is 23.7 Å². The van der Waals surface area contributed by atoms with Crippen LogP contribution in [0.3, 0.4) is 0 Å². The van der Waals surface area contributed by atoms with Gasteiger partial charge in [-0.15, -0.1) is 0 Å². The van der Waals surface area contributed by atoms with E-state index in [1.165, 1.54) is 11.0 Å². The third-order valence-electron chi connectivity index (χ3n) is 8.94. The molecule has 3 heterocycles. The summed E-state index contributed by atoms with van der Waals surface area (Å²) in [5.74, 6) is -0.795. The van der Waals surface area contributed by atoms with Crippen LogP contribution in [-0.4, -0.2) is 123 Å². The summed E-state index contributed by atoms with van der Waals surface area (Å²) in [6.07, 6.45) is 2.97. The summed E-state index contributed by atoms with van der Waals surface area (Å²) < 4.78 is 36.0. The zero-order valence-electron chi connectivity index (χ0n) is 30.4. The Morgan fingerprint density at radius 1 is 1.08 bits per heavy atom. The molecule has 2 aliphatic heterocycles. The molecule has 0 unspecified atom stereocenters. The number of aromatic nitrogens is 1. The minimum atomic E-state index is -1.06. The van der Waals surface area contributed by atoms with Crippen LogP contribution in [0.1, 0.15) is 59.7 Å². The average Bonchev–Trinajstić information content (AvgIpc) is 3.51. The van der Waals surface area contributed by atoms with Crippen LogP contribution in [0.4, 0.5) is 15.0 Å². The van der Waals surface area contributed by atoms with E-state index in [1.54, 1.807) is 24.0 Å². The molecule has 0 radical (unpaired) electrons. The molecule has 0 spiro atoms. The van der Waals surface area contributed by atoms with Crippen LogP contribution < -0.4 is 10.6 Å². The summed E-state index contributed by atoms with van der Waals surface area (Å²) in [5.41, 5.74) is 12.0. The van der Waals surface area contributed by atoms with E-state index in [0.717, 1.165) is 42.0 Å². The molecule has 2 aromatic rings. The third kappa shape index (κ3) is 13.7. The van der Waals surface area contributed by atoms with Crippen molar-refractivity contribution in [1.82, 2.24) is 20.1 Å². The van der Waals surface area contributed by atoms with Crippen LogP contribution >= 0.6 is 0 Å². The highest BCUT2D eigenvalue weighted by Gasteiger charge is 2.35. The Bertz CT molecular complexity index is 1560. The summed E-state index contributed by atoms with van der Waals surface area (Å²) in [5, 5.41) is 19.3. The van der Waals surface area contributed by atoms with Gasteiger partial charge >= 0.3 is 12.0 Å². The molecule has 53 heavy (non-hydrogen) atoms. The summed E-state index contributed by atoms with van der Waals surface area (Å²) >= 11 is 0. The van der Waals surface area contributed by atoms with E-state index in [4.69, 9.17) is 29.5 Å². The Morgan fingerprint density at radius 3 is 2.49 bits per heavy atom. The number of fused-ring (bicyclic) bond motifs is 1. The number of hydrogen-bond donors (Lipinski definition) is 3. The molecule has 4 rings (SSSR count). The van der Waals surface area contributed by atoms with Gasteiger partial charge < -0.3 is 44.5 Å². The SMILES string of the molecule is Cc1ccc([C@H](CC(=O)O)N2CCN(CCCc3nc4c(cc3CNC(=O)CCOCCOCCOCCOCCN=[N+]=[N-])CCCN4)C2=O)cc1F. The van der Waals surface area contributed by atoms with E-state index in [2.05, 4.69) is 26.7 Å². The van der Waals surface area contributed by atoms with Gasteiger partial charge in [0, 0.05) is 56.3 Å². The molecule has 1 atom stereocenters. The first kappa shape index (κ1) is 41.2. The quantitative estimate of drug-likeness (QED) is 0.0574. The molecule has 0 aliphatic carbocycles. The summed E-state index contributed by atoms with van der Waals surface area (Å²) in [4.78, 5) is 48.6. The highest BCUT2D eigenvalue weighted by molar-refractivity contribution is 5.78. The van der Waals surface area contributed by atoms with Gasteiger partial charge in [-0.3, -0.25) is 9.59 Å².